The molecular weight excluding hydrogens is 238 g/mol. The van der Waals surface area contributed by atoms with Gasteiger partial charge in [0.25, 0.3) is 0 Å². The Morgan fingerprint density at radius 2 is 2.00 bits per heavy atom. The molecule has 3 heteroatoms. The number of nitrogens with two attached hydrogens (primary N) is 1. The highest BCUT2D eigenvalue weighted by Gasteiger charge is 2.25. The molecule has 1 aromatic rings. The second-order valence-corrected chi connectivity index (χ2v) is 5.51. The van der Waals surface area contributed by atoms with Crippen molar-refractivity contribution < 1.29 is 9.53 Å². The van der Waals surface area contributed by atoms with Gasteiger partial charge in [0.2, 0.25) is 0 Å². The van der Waals surface area contributed by atoms with Gasteiger partial charge in [0.15, 0.2) is 0 Å². The molecule has 3 nitrogen and oxygen atoms in total. The van der Waals surface area contributed by atoms with Gasteiger partial charge in [0, 0.05) is 6.04 Å². The van der Waals surface area contributed by atoms with Gasteiger partial charge in [-0.3, -0.25) is 4.79 Å². The topological polar surface area (TPSA) is 52.3 Å². The van der Waals surface area contributed by atoms with E-state index in [1.165, 1.54) is 6.42 Å². The van der Waals surface area contributed by atoms with Gasteiger partial charge in [0.1, 0.15) is 6.10 Å². The summed E-state index contributed by atoms with van der Waals surface area (Å²) in [6.45, 7) is 2.16. The summed E-state index contributed by atoms with van der Waals surface area (Å²) in [5.74, 6) is 0.306. The molecule has 1 aliphatic rings. The molecule has 2 N–H and O–H groups in total. The summed E-state index contributed by atoms with van der Waals surface area (Å²) < 4.78 is 5.58. The molecule has 1 saturated carbocycles. The van der Waals surface area contributed by atoms with E-state index in [1.807, 2.05) is 30.3 Å². The van der Waals surface area contributed by atoms with E-state index in [9.17, 15) is 4.79 Å². The predicted molar refractivity (Wildman–Crippen MR) is 75.5 cm³/mol. The lowest BCUT2D eigenvalue weighted by molar-refractivity contribution is -0.153. The van der Waals surface area contributed by atoms with Crippen LogP contribution in [0, 0.1) is 5.92 Å². The van der Waals surface area contributed by atoms with E-state index < -0.39 is 0 Å². The fourth-order valence-corrected chi connectivity index (χ4v) is 2.67. The number of benzene rings is 1. The van der Waals surface area contributed by atoms with E-state index in [4.69, 9.17) is 10.5 Å². The fourth-order valence-electron chi connectivity index (χ4n) is 2.67. The minimum absolute atomic E-state index is 0.0872. The number of hydrogen-bond acceptors (Lipinski definition) is 3. The Hall–Kier alpha value is -1.35. The van der Waals surface area contributed by atoms with Crippen LogP contribution in [-0.2, 0) is 9.53 Å². The third-order valence-corrected chi connectivity index (χ3v) is 3.93. The molecule has 19 heavy (non-hydrogen) atoms. The number of hydrogen-bond donors (Lipinski definition) is 1. The number of ether oxygens (including phenoxy) is 1. The van der Waals surface area contributed by atoms with Crippen LogP contribution < -0.4 is 5.73 Å². The Labute approximate surface area is 115 Å². The Balaban J connectivity index is 1.84. The molecular formula is C16H23NO2. The van der Waals surface area contributed by atoms with Crippen molar-refractivity contribution >= 4 is 5.97 Å². The average molecular weight is 261 g/mol. The molecule has 0 spiro atoms. The third kappa shape index (κ3) is 4.06. The van der Waals surface area contributed by atoms with Gasteiger partial charge < -0.3 is 10.5 Å². The van der Waals surface area contributed by atoms with Gasteiger partial charge in [-0.1, -0.05) is 43.7 Å². The van der Waals surface area contributed by atoms with Gasteiger partial charge in [-0.25, -0.2) is 0 Å². The minimum Gasteiger partial charge on any atom is -0.462 e. The maximum Gasteiger partial charge on any atom is 0.307 e. The van der Waals surface area contributed by atoms with Crippen LogP contribution in [-0.4, -0.2) is 12.1 Å². The first kappa shape index (κ1) is 14.1. The van der Waals surface area contributed by atoms with E-state index in [0.717, 1.165) is 24.8 Å². The van der Waals surface area contributed by atoms with E-state index in [1.54, 1.807) is 0 Å². The van der Waals surface area contributed by atoms with Gasteiger partial charge in [0.05, 0.1) is 6.42 Å². The van der Waals surface area contributed by atoms with Crippen LogP contribution in [0.25, 0.3) is 0 Å². The van der Waals surface area contributed by atoms with E-state index in [0.29, 0.717) is 5.92 Å². The molecule has 0 saturated heterocycles. The highest BCUT2D eigenvalue weighted by molar-refractivity contribution is 5.70. The summed E-state index contributed by atoms with van der Waals surface area (Å²) in [5, 5.41) is 0. The molecule has 1 aliphatic carbocycles. The molecule has 3 atom stereocenters. The average Bonchev–Trinajstić information content (AvgIpc) is 2.42. The van der Waals surface area contributed by atoms with Crippen molar-refractivity contribution in [2.75, 3.05) is 0 Å². The van der Waals surface area contributed by atoms with Gasteiger partial charge in [-0.05, 0) is 30.7 Å². The maximum absolute atomic E-state index is 11.9. The van der Waals surface area contributed by atoms with Crippen molar-refractivity contribution in [3.63, 3.8) is 0 Å². The van der Waals surface area contributed by atoms with Crippen LogP contribution in [0.1, 0.15) is 50.6 Å². The zero-order valence-corrected chi connectivity index (χ0v) is 11.5. The van der Waals surface area contributed by atoms with Crippen LogP contribution in [0.5, 0.6) is 0 Å². The highest BCUT2D eigenvalue weighted by Crippen LogP contribution is 2.27. The normalized spacial score (nSPS) is 24.7. The van der Waals surface area contributed by atoms with Gasteiger partial charge in [-0.2, -0.15) is 0 Å². The van der Waals surface area contributed by atoms with Crippen molar-refractivity contribution in [1.29, 1.82) is 0 Å². The molecule has 2 rings (SSSR count). The first-order valence-electron chi connectivity index (χ1n) is 7.17. The summed E-state index contributed by atoms with van der Waals surface area (Å²) in [7, 11) is 0. The minimum atomic E-state index is -0.271. The van der Waals surface area contributed by atoms with Crippen molar-refractivity contribution in [3.8, 4) is 0 Å². The molecule has 0 heterocycles. The Bertz CT molecular complexity index is 404. The molecule has 3 unspecified atom stereocenters. The Morgan fingerprint density at radius 3 is 2.68 bits per heavy atom. The molecule has 1 fully saturated rings. The number of carbonyl (C=O) groups excluding carboxylic acids is 1. The quantitative estimate of drug-likeness (QED) is 0.847. The first-order valence-corrected chi connectivity index (χ1v) is 7.17. The van der Waals surface area contributed by atoms with Crippen molar-refractivity contribution in [2.45, 2.75) is 51.2 Å². The Kier molecular flexibility index (Phi) is 4.97. The molecule has 0 radical (unpaired) electrons. The predicted octanol–water partition coefficient (Wildman–Crippen LogP) is 3.20. The molecule has 1 aromatic carbocycles. The monoisotopic (exact) mass is 261 g/mol. The molecule has 0 aromatic heterocycles. The zero-order chi connectivity index (χ0) is 13.7. The molecule has 0 bridgehead atoms. The lowest BCUT2D eigenvalue weighted by Gasteiger charge is -2.28. The standard InChI is InChI=1S/C16H23NO2/c1-12-7-5-6-10-15(12)19-16(18)11-14(17)13-8-3-2-4-9-13/h2-4,8-9,12,14-15H,5-7,10-11,17H2,1H3. The smallest absolute Gasteiger partial charge is 0.307 e. The SMILES string of the molecule is CC1CCCCC1OC(=O)CC(N)c1ccccc1. The zero-order valence-electron chi connectivity index (χ0n) is 11.5. The highest BCUT2D eigenvalue weighted by atomic mass is 16.5. The second kappa shape index (κ2) is 6.71. The first-order chi connectivity index (χ1) is 9.16. The third-order valence-electron chi connectivity index (χ3n) is 3.93. The van der Waals surface area contributed by atoms with Crippen molar-refractivity contribution in [2.24, 2.45) is 11.7 Å². The fraction of sp³-hybridized carbons (Fsp3) is 0.562. The number of esters is 1. The second-order valence-electron chi connectivity index (χ2n) is 5.51. The summed E-state index contributed by atoms with van der Waals surface area (Å²) in [6, 6.07) is 9.43. The van der Waals surface area contributed by atoms with Crippen molar-refractivity contribution in [1.82, 2.24) is 0 Å². The van der Waals surface area contributed by atoms with Crippen LogP contribution >= 0.6 is 0 Å². The molecule has 0 amide bonds. The van der Waals surface area contributed by atoms with Crippen molar-refractivity contribution in [3.05, 3.63) is 35.9 Å². The summed E-state index contributed by atoms with van der Waals surface area (Å²) in [6.07, 6.45) is 4.90. The van der Waals surface area contributed by atoms with Gasteiger partial charge in [-0.15, -0.1) is 0 Å². The lowest BCUT2D eigenvalue weighted by atomic mass is 9.88. The lowest BCUT2D eigenvalue weighted by Crippen LogP contribution is -2.29. The van der Waals surface area contributed by atoms with Gasteiger partial charge >= 0.3 is 5.97 Å². The van der Waals surface area contributed by atoms with Crippen LogP contribution in [0.15, 0.2) is 30.3 Å². The van der Waals surface area contributed by atoms with E-state index in [-0.39, 0.29) is 24.5 Å². The van der Waals surface area contributed by atoms with Crippen LogP contribution in [0.3, 0.4) is 0 Å². The number of carbonyl (C=O) groups is 1. The largest absolute Gasteiger partial charge is 0.462 e. The summed E-state index contributed by atoms with van der Waals surface area (Å²) in [4.78, 5) is 11.9. The Morgan fingerprint density at radius 1 is 1.32 bits per heavy atom. The van der Waals surface area contributed by atoms with Crippen LogP contribution in [0.4, 0.5) is 0 Å². The number of rotatable bonds is 4. The molecule has 104 valence electrons. The van der Waals surface area contributed by atoms with E-state index >= 15 is 0 Å². The van der Waals surface area contributed by atoms with Crippen LogP contribution in [0.2, 0.25) is 0 Å². The van der Waals surface area contributed by atoms with E-state index in [2.05, 4.69) is 6.92 Å². The maximum atomic E-state index is 11.9. The summed E-state index contributed by atoms with van der Waals surface area (Å²) >= 11 is 0. The summed E-state index contributed by atoms with van der Waals surface area (Å²) in [5.41, 5.74) is 7.02. The molecule has 0 aliphatic heterocycles.